The largest absolute Gasteiger partial charge is 0.488 e. The van der Waals surface area contributed by atoms with E-state index in [4.69, 9.17) is 4.74 Å². The number of amides is 2. The summed E-state index contributed by atoms with van der Waals surface area (Å²) in [7, 11) is 0. The minimum Gasteiger partial charge on any atom is -0.488 e. The highest BCUT2D eigenvalue weighted by atomic mass is 16.5. The number of anilines is 1. The van der Waals surface area contributed by atoms with Crippen LogP contribution in [0.5, 0.6) is 5.75 Å². The van der Waals surface area contributed by atoms with Crippen molar-refractivity contribution >= 4 is 17.5 Å². The minimum absolute atomic E-state index is 0.108. The second-order valence-corrected chi connectivity index (χ2v) is 7.80. The van der Waals surface area contributed by atoms with Crippen molar-refractivity contribution in [3.05, 3.63) is 72.3 Å². The fourth-order valence-electron chi connectivity index (χ4n) is 4.11. The van der Waals surface area contributed by atoms with Crippen LogP contribution in [0.25, 0.3) is 11.1 Å². The highest BCUT2D eigenvalue weighted by Gasteiger charge is 2.25. The van der Waals surface area contributed by atoms with Gasteiger partial charge in [0, 0.05) is 48.6 Å². The third-order valence-electron chi connectivity index (χ3n) is 5.68. The van der Waals surface area contributed by atoms with E-state index in [9.17, 15) is 9.59 Å². The predicted octanol–water partition coefficient (Wildman–Crippen LogP) is 3.00. The van der Waals surface area contributed by atoms with Crippen LogP contribution < -0.4 is 15.0 Å². The molecule has 0 bridgehead atoms. The molecule has 1 saturated heterocycles. The number of carbonyl (C=O) groups excluding carboxylic acids is 2. The first kappa shape index (κ1) is 19.2. The molecule has 5 rings (SSSR count). The molecule has 7 nitrogen and oxygen atoms in total. The first-order chi connectivity index (χ1) is 15.2. The van der Waals surface area contributed by atoms with Crippen molar-refractivity contribution in [3.63, 3.8) is 0 Å². The molecule has 2 aliphatic heterocycles. The van der Waals surface area contributed by atoms with E-state index in [0.717, 1.165) is 41.0 Å². The van der Waals surface area contributed by atoms with Gasteiger partial charge in [0.1, 0.15) is 18.2 Å². The highest BCUT2D eigenvalue weighted by molar-refractivity contribution is 5.99. The average Bonchev–Trinajstić information content (AvgIpc) is 3.43. The van der Waals surface area contributed by atoms with Crippen molar-refractivity contribution in [2.45, 2.75) is 25.4 Å². The molecule has 1 atom stereocenters. The molecule has 1 fully saturated rings. The van der Waals surface area contributed by atoms with Crippen molar-refractivity contribution in [2.75, 3.05) is 18.0 Å². The number of hydrogen-bond acceptors (Lipinski definition) is 5. The molecule has 0 spiro atoms. The second kappa shape index (κ2) is 8.18. The molecule has 2 aromatic carbocycles. The van der Waals surface area contributed by atoms with Gasteiger partial charge in [-0.05, 0) is 47.9 Å². The van der Waals surface area contributed by atoms with E-state index >= 15 is 0 Å². The summed E-state index contributed by atoms with van der Waals surface area (Å²) in [5.74, 6) is 0.778. The summed E-state index contributed by atoms with van der Waals surface area (Å²) in [6.07, 6.45) is 7.10. The highest BCUT2D eigenvalue weighted by Crippen LogP contribution is 2.32. The standard InChI is InChI=1S/C24H22N4O3/c29-23-5-2-8-28(23)20-4-1-3-17(10-20)24(30)27-14-21-11-18-9-16(6-7-22(18)31-21)19-12-25-15-26-13-19/h1,3-4,6-7,9-10,12-13,15,21H,2,5,8,11,14H2,(H,27,30). The van der Waals surface area contributed by atoms with Crippen LogP contribution in [0.4, 0.5) is 5.69 Å². The Balaban J connectivity index is 1.21. The number of carbonyl (C=O) groups is 2. The molecule has 156 valence electrons. The number of fused-ring (bicyclic) bond motifs is 1. The van der Waals surface area contributed by atoms with Crippen LogP contribution in [0.1, 0.15) is 28.8 Å². The molecule has 2 aliphatic rings. The van der Waals surface area contributed by atoms with Gasteiger partial charge in [0.05, 0.1) is 6.54 Å². The Hall–Kier alpha value is -3.74. The van der Waals surface area contributed by atoms with E-state index in [0.29, 0.717) is 25.1 Å². The van der Waals surface area contributed by atoms with Gasteiger partial charge in [0.25, 0.3) is 5.91 Å². The number of nitrogens with zero attached hydrogens (tertiary/aromatic N) is 3. The first-order valence-corrected chi connectivity index (χ1v) is 10.4. The van der Waals surface area contributed by atoms with Gasteiger partial charge in [-0.3, -0.25) is 9.59 Å². The van der Waals surface area contributed by atoms with E-state index in [-0.39, 0.29) is 17.9 Å². The van der Waals surface area contributed by atoms with Crippen LogP contribution in [0, 0.1) is 0 Å². The number of rotatable bonds is 5. The van der Waals surface area contributed by atoms with Gasteiger partial charge in [-0.25, -0.2) is 9.97 Å². The third kappa shape index (κ3) is 3.99. The van der Waals surface area contributed by atoms with E-state index in [1.165, 1.54) is 6.33 Å². The lowest BCUT2D eigenvalue weighted by Gasteiger charge is -2.17. The molecule has 2 amide bonds. The summed E-state index contributed by atoms with van der Waals surface area (Å²) < 4.78 is 6.00. The molecule has 0 saturated carbocycles. The zero-order valence-corrected chi connectivity index (χ0v) is 17.0. The Labute approximate surface area is 180 Å². The lowest BCUT2D eigenvalue weighted by Crippen LogP contribution is -2.34. The molecule has 0 aliphatic carbocycles. The molecule has 7 heteroatoms. The summed E-state index contributed by atoms with van der Waals surface area (Å²) in [6, 6.07) is 13.2. The quantitative estimate of drug-likeness (QED) is 0.694. The van der Waals surface area contributed by atoms with Gasteiger partial charge in [-0.2, -0.15) is 0 Å². The number of hydrogen-bond donors (Lipinski definition) is 1. The molecule has 31 heavy (non-hydrogen) atoms. The smallest absolute Gasteiger partial charge is 0.251 e. The second-order valence-electron chi connectivity index (χ2n) is 7.80. The van der Waals surface area contributed by atoms with E-state index in [2.05, 4.69) is 21.4 Å². The molecule has 1 N–H and O–H groups in total. The van der Waals surface area contributed by atoms with Crippen LogP contribution in [-0.2, 0) is 11.2 Å². The fraction of sp³-hybridized carbons (Fsp3) is 0.250. The zero-order valence-electron chi connectivity index (χ0n) is 17.0. The maximum absolute atomic E-state index is 12.7. The number of ether oxygens (including phenoxy) is 1. The Morgan fingerprint density at radius 2 is 2.00 bits per heavy atom. The Bertz CT molecular complexity index is 1130. The zero-order chi connectivity index (χ0) is 21.2. The number of nitrogens with one attached hydrogen (secondary N) is 1. The number of aromatic nitrogens is 2. The van der Waals surface area contributed by atoms with Crippen LogP contribution in [0.2, 0.25) is 0 Å². The van der Waals surface area contributed by atoms with Crippen molar-refractivity contribution in [1.82, 2.24) is 15.3 Å². The summed E-state index contributed by atoms with van der Waals surface area (Å²) in [5, 5.41) is 2.96. The molecule has 3 heterocycles. The summed E-state index contributed by atoms with van der Waals surface area (Å²) in [5.41, 5.74) is 4.42. The van der Waals surface area contributed by atoms with Crippen molar-refractivity contribution in [3.8, 4) is 16.9 Å². The summed E-state index contributed by atoms with van der Waals surface area (Å²) in [4.78, 5) is 34.5. The van der Waals surface area contributed by atoms with Crippen LogP contribution in [0.15, 0.2) is 61.2 Å². The van der Waals surface area contributed by atoms with Gasteiger partial charge in [-0.15, -0.1) is 0 Å². The molecule has 3 aromatic rings. The molecule has 1 unspecified atom stereocenters. The lowest BCUT2D eigenvalue weighted by atomic mass is 10.0. The Kier molecular flexibility index (Phi) is 5.08. The van der Waals surface area contributed by atoms with Gasteiger partial charge in [0.15, 0.2) is 0 Å². The van der Waals surface area contributed by atoms with Crippen molar-refractivity contribution in [1.29, 1.82) is 0 Å². The summed E-state index contributed by atoms with van der Waals surface area (Å²) >= 11 is 0. The third-order valence-corrected chi connectivity index (χ3v) is 5.68. The van der Waals surface area contributed by atoms with Gasteiger partial charge < -0.3 is 15.0 Å². The maximum Gasteiger partial charge on any atom is 0.251 e. The average molecular weight is 414 g/mol. The molecule has 0 radical (unpaired) electrons. The van der Waals surface area contributed by atoms with Gasteiger partial charge in [0.2, 0.25) is 5.91 Å². The fourth-order valence-corrected chi connectivity index (χ4v) is 4.11. The summed E-state index contributed by atoms with van der Waals surface area (Å²) in [6.45, 7) is 1.11. The SMILES string of the molecule is O=C(NCC1Cc2cc(-c3cncnc3)ccc2O1)c1cccc(N2CCCC2=O)c1. The predicted molar refractivity (Wildman–Crippen MR) is 116 cm³/mol. The maximum atomic E-state index is 12.7. The van der Waals surface area contributed by atoms with Gasteiger partial charge >= 0.3 is 0 Å². The van der Waals surface area contributed by atoms with Crippen LogP contribution in [0.3, 0.4) is 0 Å². The first-order valence-electron chi connectivity index (χ1n) is 10.4. The van der Waals surface area contributed by atoms with E-state index < -0.39 is 0 Å². The topological polar surface area (TPSA) is 84.4 Å². The molecular weight excluding hydrogens is 392 g/mol. The van der Waals surface area contributed by atoms with Crippen molar-refractivity contribution < 1.29 is 14.3 Å². The molecular formula is C24H22N4O3. The Morgan fingerprint density at radius 3 is 2.81 bits per heavy atom. The van der Waals surface area contributed by atoms with Crippen molar-refractivity contribution in [2.24, 2.45) is 0 Å². The van der Waals surface area contributed by atoms with Crippen LogP contribution >= 0.6 is 0 Å². The van der Waals surface area contributed by atoms with Crippen LogP contribution in [-0.4, -0.2) is 41.0 Å². The minimum atomic E-state index is -0.171. The van der Waals surface area contributed by atoms with E-state index in [1.54, 1.807) is 29.4 Å². The lowest BCUT2D eigenvalue weighted by molar-refractivity contribution is -0.117. The Morgan fingerprint density at radius 1 is 1.13 bits per heavy atom. The van der Waals surface area contributed by atoms with Gasteiger partial charge in [-0.1, -0.05) is 12.1 Å². The monoisotopic (exact) mass is 414 g/mol. The number of benzene rings is 2. The molecule has 1 aromatic heterocycles. The normalized spacial score (nSPS) is 17.4. The van der Waals surface area contributed by atoms with E-state index in [1.807, 2.05) is 24.3 Å².